The fraction of sp³-hybridized carbons (Fsp3) is 0.444. The summed E-state index contributed by atoms with van der Waals surface area (Å²) in [5.41, 5.74) is 0. The van der Waals surface area contributed by atoms with Crippen molar-refractivity contribution in [3.05, 3.63) is 18.3 Å². The summed E-state index contributed by atoms with van der Waals surface area (Å²) in [6.07, 6.45) is 3.48. The highest BCUT2D eigenvalue weighted by Crippen LogP contribution is 2.16. The van der Waals surface area contributed by atoms with Crippen molar-refractivity contribution < 1.29 is 8.42 Å². The van der Waals surface area contributed by atoms with Gasteiger partial charge >= 0.3 is 0 Å². The van der Waals surface area contributed by atoms with Crippen LogP contribution in [-0.4, -0.2) is 39.0 Å². The van der Waals surface area contributed by atoms with Gasteiger partial charge in [0.15, 0.2) is 0 Å². The van der Waals surface area contributed by atoms with Gasteiger partial charge in [-0.05, 0) is 18.4 Å². The van der Waals surface area contributed by atoms with Crippen LogP contribution in [-0.2, 0) is 10.0 Å². The Balaban J connectivity index is 2.89. The predicted octanol–water partition coefficient (Wildman–Crippen LogP) is 0.765. The van der Waals surface area contributed by atoms with Crippen LogP contribution >= 0.6 is 11.8 Å². The molecule has 0 saturated heterocycles. The van der Waals surface area contributed by atoms with Crippen molar-refractivity contribution in [3.8, 4) is 0 Å². The predicted molar refractivity (Wildman–Crippen MR) is 67.4 cm³/mol. The van der Waals surface area contributed by atoms with Crippen LogP contribution in [0.4, 0.5) is 5.82 Å². The lowest BCUT2D eigenvalue weighted by Crippen LogP contribution is -2.26. The summed E-state index contributed by atoms with van der Waals surface area (Å²) in [5.74, 6) is 1.10. The van der Waals surface area contributed by atoms with Gasteiger partial charge in [0.2, 0.25) is 10.0 Å². The molecule has 5 nitrogen and oxygen atoms in total. The van der Waals surface area contributed by atoms with E-state index in [4.69, 9.17) is 0 Å². The monoisotopic (exact) mass is 261 g/mol. The Labute approximate surface area is 100 Å². The summed E-state index contributed by atoms with van der Waals surface area (Å²) in [5, 5.41) is 2.76. The Morgan fingerprint density at radius 3 is 2.88 bits per heavy atom. The second kappa shape index (κ2) is 6.07. The molecule has 0 bridgehead atoms. The lowest BCUT2D eigenvalue weighted by molar-refractivity contribution is 0.584. The minimum Gasteiger partial charge on any atom is -0.372 e. The Bertz CT molecular complexity index is 434. The number of rotatable bonds is 6. The molecule has 0 aliphatic rings. The van der Waals surface area contributed by atoms with Gasteiger partial charge in [0.25, 0.3) is 0 Å². The first kappa shape index (κ1) is 13.3. The second-order valence-corrected chi connectivity index (χ2v) is 5.71. The van der Waals surface area contributed by atoms with Gasteiger partial charge in [-0.2, -0.15) is 11.8 Å². The number of nitrogens with one attached hydrogen (secondary N) is 2. The van der Waals surface area contributed by atoms with Crippen LogP contribution in [0.15, 0.2) is 23.2 Å². The van der Waals surface area contributed by atoms with Gasteiger partial charge < -0.3 is 5.32 Å². The average molecular weight is 261 g/mol. The molecule has 0 spiro atoms. The molecule has 0 radical (unpaired) electrons. The quantitative estimate of drug-likeness (QED) is 0.740. The van der Waals surface area contributed by atoms with E-state index in [1.807, 2.05) is 6.26 Å². The summed E-state index contributed by atoms with van der Waals surface area (Å²) >= 11 is 1.59. The molecule has 16 heavy (non-hydrogen) atoms. The summed E-state index contributed by atoms with van der Waals surface area (Å²) in [6.45, 7) is 0.418. The van der Waals surface area contributed by atoms with Gasteiger partial charge in [-0.1, -0.05) is 0 Å². The molecule has 7 heteroatoms. The number of anilines is 1. The van der Waals surface area contributed by atoms with Crippen molar-refractivity contribution in [2.45, 2.75) is 4.90 Å². The third-order valence-electron chi connectivity index (χ3n) is 1.90. The smallest absolute Gasteiger partial charge is 0.244 e. The van der Waals surface area contributed by atoms with E-state index in [0.29, 0.717) is 12.4 Å². The van der Waals surface area contributed by atoms with Crippen LogP contribution in [0.3, 0.4) is 0 Å². The maximum absolute atomic E-state index is 11.9. The fourth-order valence-electron chi connectivity index (χ4n) is 1.15. The zero-order valence-electron chi connectivity index (χ0n) is 9.23. The third-order valence-corrected chi connectivity index (χ3v) is 4.00. The highest BCUT2D eigenvalue weighted by atomic mass is 32.2. The van der Waals surface area contributed by atoms with Crippen molar-refractivity contribution in [1.29, 1.82) is 0 Å². The molecule has 90 valence electrons. The van der Waals surface area contributed by atoms with Gasteiger partial charge in [0.05, 0.1) is 0 Å². The van der Waals surface area contributed by atoms with Crippen LogP contribution in [0.2, 0.25) is 0 Å². The highest BCUT2D eigenvalue weighted by Gasteiger charge is 2.17. The van der Waals surface area contributed by atoms with Crippen molar-refractivity contribution in [2.75, 3.05) is 30.9 Å². The molecular weight excluding hydrogens is 246 g/mol. The molecule has 0 aromatic carbocycles. The number of nitrogens with zero attached hydrogens (tertiary/aromatic N) is 1. The molecule has 0 aliphatic carbocycles. The van der Waals surface area contributed by atoms with Gasteiger partial charge in [0, 0.05) is 25.5 Å². The Hall–Kier alpha value is -0.790. The summed E-state index contributed by atoms with van der Waals surface area (Å²) < 4.78 is 26.3. The fourth-order valence-corrected chi connectivity index (χ4v) is 2.78. The molecule has 1 rings (SSSR count). The van der Waals surface area contributed by atoms with E-state index in [2.05, 4.69) is 15.0 Å². The van der Waals surface area contributed by atoms with Crippen molar-refractivity contribution in [2.24, 2.45) is 0 Å². The average Bonchev–Trinajstić information content (AvgIpc) is 2.29. The molecule has 0 amide bonds. The lowest BCUT2D eigenvalue weighted by atomic mass is 10.5. The SMILES string of the molecule is CNc1ncccc1S(=O)(=O)NCCSC. The summed E-state index contributed by atoms with van der Waals surface area (Å²) in [7, 11) is -1.82. The molecule has 0 atom stereocenters. The number of thioether (sulfide) groups is 1. The Morgan fingerprint density at radius 1 is 1.50 bits per heavy atom. The summed E-state index contributed by atoms with van der Waals surface area (Å²) in [4.78, 5) is 4.14. The molecule has 0 saturated carbocycles. The van der Waals surface area contributed by atoms with E-state index < -0.39 is 10.0 Å². The topological polar surface area (TPSA) is 71.1 Å². The van der Waals surface area contributed by atoms with Crippen molar-refractivity contribution in [1.82, 2.24) is 9.71 Å². The number of hydrogen-bond donors (Lipinski definition) is 2. The second-order valence-electron chi connectivity index (χ2n) is 2.99. The highest BCUT2D eigenvalue weighted by molar-refractivity contribution is 7.98. The van der Waals surface area contributed by atoms with Gasteiger partial charge in [-0.15, -0.1) is 0 Å². The molecule has 2 N–H and O–H groups in total. The maximum atomic E-state index is 11.9. The molecular formula is C9H15N3O2S2. The van der Waals surface area contributed by atoms with Crippen LogP contribution in [0.25, 0.3) is 0 Å². The van der Waals surface area contributed by atoms with Gasteiger partial charge in [-0.3, -0.25) is 0 Å². The van der Waals surface area contributed by atoms with E-state index >= 15 is 0 Å². The number of pyridine rings is 1. The molecule has 0 aliphatic heterocycles. The largest absolute Gasteiger partial charge is 0.372 e. The van der Waals surface area contributed by atoms with Gasteiger partial charge in [0.1, 0.15) is 10.7 Å². The normalized spacial score (nSPS) is 11.4. The first-order valence-electron chi connectivity index (χ1n) is 4.73. The van der Waals surface area contributed by atoms with E-state index in [9.17, 15) is 8.42 Å². The molecule has 1 aromatic rings. The van der Waals surface area contributed by atoms with E-state index in [1.54, 1.807) is 31.1 Å². The Morgan fingerprint density at radius 2 is 2.25 bits per heavy atom. The zero-order chi connectivity index (χ0) is 12.0. The minimum absolute atomic E-state index is 0.179. The van der Waals surface area contributed by atoms with Gasteiger partial charge in [-0.25, -0.2) is 18.1 Å². The van der Waals surface area contributed by atoms with E-state index in [-0.39, 0.29) is 4.90 Å². The Kier molecular flexibility index (Phi) is 5.04. The number of sulfonamides is 1. The number of aromatic nitrogens is 1. The van der Waals surface area contributed by atoms with E-state index in [1.165, 1.54) is 6.07 Å². The molecule has 1 heterocycles. The summed E-state index contributed by atoms with van der Waals surface area (Å²) in [6, 6.07) is 3.13. The molecule has 0 fully saturated rings. The van der Waals surface area contributed by atoms with Crippen molar-refractivity contribution in [3.63, 3.8) is 0 Å². The number of hydrogen-bond acceptors (Lipinski definition) is 5. The minimum atomic E-state index is -3.46. The molecule has 0 unspecified atom stereocenters. The first-order valence-corrected chi connectivity index (χ1v) is 7.61. The third kappa shape index (κ3) is 3.36. The zero-order valence-corrected chi connectivity index (χ0v) is 10.9. The maximum Gasteiger partial charge on any atom is 0.244 e. The molecule has 1 aromatic heterocycles. The standard InChI is InChI=1S/C9H15N3O2S2/c1-10-9-8(4-3-5-11-9)16(13,14)12-6-7-15-2/h3-5,12H,6-7H2,1-2H3,(H,10,11). The lowest BCUT2D eigenvalue weighted by Gasteiger charge is -2.09. The van der Waals surface area contributed by atoms with Crippen LogP contribution < -0.4 is 10.0 Å². The van der Waals surface area contributed by atoms with E-state index in [0.717, 1.165) is 5.75 Å². The van der Waals surface area contributed by atoms with Crippen LogP contribution in [0.1, 0.15) is 0 Å². The van der Waals surface area contributed by atoms with Crippen molar-refractivity contribution >= 4 is 27.6 Å². The van der Waals surface area contributed by atoms with Crippen LogP contribution in [0.5, 0.6) is 0 Å². The first-order chi connectivity index (χ1) is 7.61. The van der Waals surface area contributed by atoms with Crippen LogP contribution in [0, 0.1) is 0 Å².